The zero-order chi connectivity index (χ0) is 11.8. The minimum atomic E-state index is -4.76. The normalized spacial score (nSPS) is 15.6. The maximum atomic E-state index is 12.9. The van der Waals surface area contributed by atoms with Crippen LogP contribution >= 0.6 is 15.9 Å². The summed E-state index contributed by atoms with van der Waals surface area (Å²) in [6, 6.07) is 2.52. The molecule has 0 aromatic heterocycles. The number of hydrogen-bond acceptors (Lipinski definition) is 4. The standard InChI is InChI=1S/C9H8BrFO4S/c10-6-4-7-8(15-3-1-2-14-7)5-9(6)16(11,12)13/h4-5H,1-3H2. The largest absolute Gasteiger partial charge is 0.490 e. The first kappa shape index (κ1) is 11.7. The predicted molar refractivity (Wildman–Crippen MR) is 58.0 cm³/mol. The first-order valence-electron chi connectivity index (χ1n) is 4.52. The van der Waals surface area contributed by atoms with Gasteiger partial charge in [-0.15, -0.1) is 3.89 Å². The van der Waals surface area contributed by atoms with E-state index < -0.39 is 15.1 Å². The minimum absolute atomic E-state index is 0.124. The summed E-state index contributed by atoms with van der Waals surface area (Å²) < 4.78 is 45.3. The lowest BCUT2D eigenvalue weighted by atomic mass is 10.3. The molecule has 1 aromatic carbocycles. The molecular formula is C9H8BrFO4S. The molecule has 1 aliphatic rings. The van der Waals surface area contributed by atoms with Crippen molar-refractivity contribution in [2.24, 2.45) is 0 Å². The third-order valence-corrected chi connectivity index (χ3v) is 3.85. The molecule has 2 rings (SSSR count). The van der Waals surface area contributed by atoms with Gasteiger partial charge in [-0.1, -0.05) is 0 Å². The summed E-state index contributed by atoms with van der Waals surface area (Å²) >= 11 is 2.98. The molecule has 4 nitrogen and oxygen atoms in total. The van der Waals surface area contributed by atoms with Crippen LogP contribution in [0, 0.1) is 0 Å². The van der Waals surface area contributed by atoms with Crippen molar-refractivity contribution < 1.29 is 21.8 Å². The lowest BCUT2D eigenvalue weighted by Gasteiger charge is -2.09. The Balaban J connectivity index is 2.56. The highest BCUT2D eigenvalue weighted by Crippen LogP contribution is 2.37. The van der Waals surface area contributed by atoms with E-state index in [1.807, 2.05) is 0 Å². The number of ether oxygens (including phenoxy) is 2. The summed E-state index contributed by atoms with van der Waals surface area (Å²) in [4.78, 5) is -0.447. The number of rotatable bonds is 1. The van der Waals surface area contributed by atoms with Crippen molar-refractivity contribution in [2.45, 2.75) is 11.3 Å². The van der Waals surface area contributed by atoms with E-state index in [9.17, 15) is 12.3 Å². The van der Waals surface area contributed by atoms with Gasteiger partial charge in [-0.3, -0.25) is 0 Å². The summed E-state index contributed by atoms with van der Waals surface area (Å²) in [5.74, 6) is 0.661. The Bertz CT molecular complexity index is 514. The second-order valence-corrected chi connectivity index (χ2v) is 5.39. The summed E-state index contributed by atoms with van der Waals surface area (Å²) in [7, 11) is -4.76. The van der Waals surface area contributed by atoms with Crippen LogP contribution in [0.5, 0.6) is 11.5 Å². The fraction of sp³-hybridized carbons (Fsp3) is 0.333. The van der Waals surface area contributed by atoms with Gasteiger partial charge in [-0.25, -0.2) is 0 Å². The second kappa shape index (κ2) is 4.21. The molecule has 16 heavy (non-hydrogen) atoms. The van der Waals surface area contributed by atoms with Crippen molar-refractivity contribution >= 4 is 26.2 Å². The Morgan fingerprint density at radius 1 is 1.19 bits per heavy atom. The van der Waals surface area contributed by atoms with Gasteiger partial charge >= 0.3 is 10.2 Å². The van der Waals surface area contributed by atoms with E-state index >= 15 is 0 Å². The Labute approximate surface area is 101 Å². The minimum Gasteiger partial charge on any atom is -0.490 e. The van der Waals surface area contributed by atoms with E-state index in [1.54, 1.807) is 0 Å². The Kier molecular flexibility index (Phi) is 3.07. The van der Waals surface area contributed by atoms with Crippen LogP contribution in [0.25, 0.3) is 0 Å². The molecule has 0 aliphatic carbocycles. The van der Waals surface area contributed by atoms with Gasteiger partial charge in [0, 0.05) is 17.0 Å². The maximum Gasteiger partial charge on any atom is 0.333 e. The fourth-order valence-corrected chi connectivity index (χ4v) is 2.79. The van der Waals surface area contributed by atoms with Gasteiger partial charge in [0.15, 0.2) is 11.5 Å². The molecule has 0 radical (unpaired) electrons. The molecule has 1 aromatic rings. The zero-order valence-corrected chi connectivity index (χ0v) is 10.5. The third kappa shape index (κ3) is 2.30. The second-order valence-electron chi connectivity index (χ2n) is 3.22. The molecule has 0 unspecified atom stereocenters. The van der Waals surface area contributed by atoms with E-state index in [0.29, 0.717) is 25.4 Å². The molecule has 0 atom stereocenters. The van der Waals surface area contributed by atoms with Crippen LogP contribution in [0.1, 0.15) is 6.42 Å². The number of hydrogen-bond donors (Lipinski definition) is 0. The molecular weight excluding hydrogens is 303 g/mol. The van der Waals surface area contributed by atoms with Crippen molar-refractivity contribution in [1.82, 2.24) is 0 Å². The summed E-state index contributed by atoms with van der Waals surface area (Å²) in [6.07, 6.45) is 0.698. The van der Waals surface area contributed by atoms with Crippen LogP contribution in [-0.2, 0) is 10.2 Å². The van der Waals surface area contributed by atoms with Crippen LogP contribution in [0.4, 0.5) is 3.89 Å². The first-order valence-corrected chi connectivity index (χ1v) is 6.70. The van der Waals surface area contributed by atoms with Crippen molar-refractivity contribution in [2.75, 3.05) is 13.2 Å². The fourth-order valence-electron chi connectivity index (χ4n) is 1.35. The number of halogens is 2. The van der Waals surface area contributed by atoms with Crippen molar-refractivity contribution in [3.63, 3.8) is 0 Å². The maximum absolute atomic E-state index is 12.9. The molecule has 7 heteroatoms. The predicted octanol–water partition coefficient (Wildman–Crippen LogP) is 2.27. The molecule has 0 bridgehead atoms. The highest BCUT2D eigenvalue weighted by atomic mass is 79.9. The van der Waals surface area contributed by atoms with Crippen molar-refractivity contribution in [3.05, 3.63) is 16.6 Å². The SMILES string of the molecule is O=S(=O)(F)c1cc2c(cc1Br)OCCCO2. The monoisotopic (exact) mass is 310 g/mol. The third-order valence-electron chi connectivity index (χ3n) is 2.06. The molecule has 0 spiro atoms. The van der Waals surface area contributed by atoms with Gasteiger partial charge in [-0.05, 0) is 22.0 Å². The van der Waals surface area contributed by atoms with Crippen LogP contribution in [-0.4, -0.2) is 21.6 Å². The zero-order valence-electron chi connectivity index (χ0n) is 8.07. The van der Waals surface area contributed by atoms with Crippen LogP contribution in [0.3, 0.4) is 0 Å². The highest BCUT2D eigenvalue weighted by Gasteiger charge is 2.21. The first-order chi connectivity index (χ1) is 7.48. The van der Waals surface area contributed by atoms with E-state index in [-0.39, 0.29) is 10.2 Å². The molecule has 0 saturated heterocycles. The summed E-state index contributed by atoms with van der Waals surface area (Å²) in [5, 5.41) is 0. The van der Waals surface area contributed by atoms with Crippen molar-refractivity contribution in [1.29, 1.82) is 0 Å². The van der Waals surface area contributed by atoms with Crippen LogP contribution in [0.15, 0.2) is 21.5 Å². The van der Waals surface area contributed by atoms with Gasteiger partial charge in [0.05, 0.1) is 13.2 Å². The van der Waals surface area contributed by atoms with Gasteiger partial charge in [0.1, 0.15) is 4.90 Å². The molecule has 0 fully saturated rings. The number of fused-ring (bicyclic) bond motifs is 1. The Hall–Kier alpha value is -0.820. The molecule has 1 heterocycles. The average Bonchev–Trinajstić information content (AvgIpc) is 2.39. The van der Waals surface area contributed by atoms with E-state index in [1.165, 1.54) is 6.07 Å². The smallest absolute Gasteiger partial charge is 0.333 e. The summed E-state index contributed by atoms with van der Waals surface area (Å²) in [6.45, 7) is 0.904. The lowest BCUT2D eigenvalue weighted by molar-refractivity contribution is 0.296. The Morgan fingerprint density at radius 3 is 2.31 bits per heavy atom. The molecule has 0 amide bonds. The Morgan fingerprint density at radius 2 is 1.75 bits per heavy atom. The molecule has 0 N–H and O–H groups in total. The van der Waals surface area contributed by atoms with E-state index in [4.69, 9.17) is 9.47 Å². The molecule has 88 valence electrons. The van der Waals surface area contributed by atoms with Gasteiger partial charge in [-0.2, -0.15) is 8.42 Å². The summed E-state index contributed by atoms with van der Waals surface area (Å²) in [5.41, 5.74) is 0. The highest BCUT2D eigenvalue weighted by molar-refractivity contribution is 9.10. The molecule has 0 saturated carbocycles. The van der Waals surface area contributed by atoms with Crippen LogP contribution < -0.4 is 9.47 Å². The van der Waals surface area contributed by atoms with Gasteiger partial charge < -0.3 is 9.47 Å². The number of benzene rings is 1. The average molecular weight is 311 g/mol. The van der Waals surface area contributed by atoms with E-state index in [0.717, 1.165) is 6.07 Å². The van der Waals surface area contributed by atoms with Crippen molar-refractivity contribution in [3.8, 4) is 11.5 Å². The van der Waals surface area contributed by atoms with E-state index in [2.05, 4.69) is 15.9 Å². The molecule has 1 aliphatic heterocycles. The van der Waals surface area contributed by atoms with Gasteiger partial charge in [0.2, 0.25) is 0 Å². The lowest BCUT2D eigenvalue weighted by Crippen LogP contribution is -1.98. The van der Waals surface area contributed by atoms with Gasteiger partial charge in [0.25, 0.3) is 0 Å². The topological polar surface area (TPSA) is 52.6 Å². The quantitative estimate of drug-likeness (QED) is 0.747. The van der Waals surface area contributed by atoms with Crippen LogP contribution in [0.2, 0.25) is 0 Å².